The summed E-state index contributed by atoms with van der Waals surface area (Å²) >= 11 is 0. The van der Waals surface area contributed by atoms with Gasteiger partial charge in [-0.2, -0.15) is 0 Å². The predicted octanol–water partition coefficient (Wildman–Crippen LogP) is 3.00. The molecule has 4 nitrogen and oxygen atoms in total. The molecule has 0 unspecified atom stereocenters. The fourth-order valence-corrected chi connectivity index (χ4v) is 2.12. The van der Waals surface area contributed by atoms with Gasteiger partial charge in [0.15, 0.2) is 0 Å². The molecule has 3 N–H and O–H groups in total. The number of rotatable bonds is 5. The molecule has 0 bridgehead atoms. The van der Waals surface area contributed by atoms with Crippen molar-refractivity contribution in [2.75, 3.05) is 12.3 Å². The number of nitrogens with two attached hydrogens (primary N) is 1. The Bertz CT molecular complexity index is 584. The topological polar surface area (TPSA) is 58.4 Å². The van der Waals surface area contributed by atoms with Crippen LogP contribution < -0.4 is 11.1 Å². The average Bonchev–Trinajstić information content (AvgIpc) is 2.51. The molecule has 0 aromatic heterocycles. The van der Waals surface area contributed by atoms with Gasteiger partial charge in [-0.15, -0.1) is 0 Å². The first-order valence-electron chi connectivity index (χ1n) is 7.10. The molecule has 2 rings (SSSR count). The number of nitrogens with zero attached hydrogens (tertiary/aromatic N) is 1. The monoisotopic (exact) mass is 283 g/mol. The highest BCUT2D eigenvalue weighted by Gasteiger charge is 2.11. The van der Waals surface area contributed by atoms with Crippen molar-refractivity contribution in [3.05, 3.63) is 65.7 Å². The van der Waals surface area contributed by atoms with Crippen LogP contribution in [0.5, 0.6) is 0 Å². The quantitative estimate of drug-likeness (QED) is 0.829. The van der Waals surface area contributed by atoms with Crippen LogP contribution in [0.2, 0.25) is 0 Å². The maximum atomic E-state index is 12.2. The smallest absolute Gasteiger partial charge is 0.317 e. The lowest BCUT2D eigenvalue weighted by Gasteiger charge is -2.21. The standard InChI is InChI=1S/C17H21N3O/c1-2-20(13-15-9-6-10-16(18)11-15)17(21)19-12-14-7-4-3-5-8-14/h3-11H,2,12-13,18H2,1H3,(H,19,21). The molecule has 0 fully saturated rings. The molecule has 4 heteroatoms. The molecule has 110 valence electrons. The van der Waals surface area contributed by atoms with E-state index in [0.29, 0.717) is 25.3 Å². The van der Waals surface area contributed by atoms with Crippen molar-refractivity contribution in [3.63, 3.8) is 0 Å². The van der Waals surface area contributed by atoms with Crippen molar-refractivity contribution >= 4 is 11.7 Å². The fraction of sp³-hybridized carbons (Fsp3) is 0.235. The first kappa shape index (κ1) is 14.9. The Morgan fingerprint density at radius 3 is 2.48 bits per heavy atom. The van der Waals surface area contributed by atoms with Gasteiger partial charge in [0.2, 0.25) is 0 Å². The van der Waals surface area contributed by atoms with Gasteiger partial charge in [0.05, 0.1) is 0 Å². The number of urea groups is 1. The molecule has 0 saturated carbocycles. The molecule has 0 spiro atoms. The van der Waals surface area contributed by atoms with Crippen LogP contribution in [0, 0.1) is 0 Å². The number of amides is 2. The van der Waals surface area contributed by atoms with E-state index in [1.807, 2.05) is 61.5 Å². The number of benzene rings is 2. The third-order valence-electron chi connectivity index (χ3n) is 3.28. The highest BCUT2D eigenvalue weighted by Crippen LogP contribution is 2.10. The second-order valence-corrected chi connectivity index (χ2v) is 4.90. The van der Waals surface area contributed by atoms with Gasteiger partial charge in [-0.1, -0.05) is 42.5 Å². The van der Waals surface area contributed by atoms with Crippen LogP contribution in [0.3, 0.4) is 0 Å². The zero-order chi connectivity index (χ0) is 15.1. The molecule has 0 radical (unpaired) electrons. The lowest BCUT2D eigenvalue weighted by molar-refractivity contribution is 0.197. The van der Waals surface area contributed by atoms with E-state index in [4.69, 9.17) is 5.73 Å². The third-order valence-corrected chi connectivity index (χ3v) is 3.28. The van der Waals surface area contributed by atoms with Crippen LogP contribution >= 0.6 is 0 Å². The van der Waals surface area contributed by atoms with Gasteiger partial charge >= 0.3 is 6.03 Å². The maximum absolute atomic E-state index is 12.2. The van der Waals surface area contributed by atoms with Crippen LogP contribution in [0.1, 0.15) is 18.1 Å². The SMILES string of the molecule is CCN(Cc1cccc(N)c1)C(=O)NCc1ccccc1. The summed E-state index contributed by atoms with van der Waals surface area (Å²) in [6.45, 7) is 3.71. The fourth-order valence-electron chi connectivity index (χ4n) is 2.12. The number of carbonyl (C=O) groups excluding carboxylic acids is 1. The summed E-state index contributed by atoms with van der Waals surface area (Å²) in [5.74, 6) is 0. The molecule has 21 heavy (non-hydrogen) atoms. The number of hydrogen-bond donors (Lipinski definition) is 2. The Morgan fingerprint density at radius 1 is 1.10 bits per heavy atom. The number of nitrogens with one attached hydrogen (secondary N) is 1. The summed E-state index contributed by atoms with van der Waals surface area (Å²) in [6.07, 6.45) is 0. The Balaban J connectivity index is 1.92. The normalized spacial score (nSPS) is 10.1. The lowest BCUT2D eigenvalue weighted by Crippen LogP contribution is -2.39. The highest BCUT2D eigenvalue weighted by atomic mass is 16.2. The number of anilines is 1. The van der Waals surface area contributed by atoms with E-state index in [1.54, 1.807) is 4.90 Å². The minimum absolute atomic E-state index is 0.0659. The number of hydrogen-bond acceptors (Lipinski definition) is 2. The van der Waals surface area contributed by atoms with E-state index < -0.39 is 0 Å². The molecular formula is C17H21N3O. The molecule has 0 aliphatic rings. The van der Waals surface area contributed by atoms with Gasteiger partial charge in [0.1, 0.15) is 0 Å². The van der Waals surface area contributed by atoms with E-state index in [-0.39, 0.29) is 6.03 Å². The van der Waals surface area contributed by atoms with Crippen molar-refractivity contribution in [2.24, 2.45) is 0 Å². The summed E-state index contributed by atoms with van der Waals surface area (Å²) < 4.78 is 0. The van der Waals surface area contributed by atoms with Gasteiger partial charge in [-0.25, -0.2) is 4.79 Å². The van der Waals surface area contributed by atoms with Gasteiger partial charge in [0, 0.05) is 25.3 Å². The highest BCUT2D eigenvalue weighted by molar-refractivity contribution is 5.74. The second kappa shape index (κ2) is 7.33. The van der Waals surface area contributed by atoms with Crippen molar-refractivity contribution in [1.29, 1.82) is 0 Å². The van der Waals surface area contributed by atoms with Gasteiger partial charge in [-0.05, 0) is 30.2 Å². The lowest BCUT2D eigenvalue weighted by atomic mass is 10.2. The average molecular weight is 283 g/mol. The van der Waals surface area contributed by atoms with Crippen LogP contribution in [0.4, 0.5) is 10.5 Å². The first-order chi connectivity index (χ1) is 10.2. The minimum atomic E-state index is -0.0659. The molecule has 2 amide bonds. The molecule has 0 saturated heterocycles. The van der Waals surface area contributed by atoms with E-state index in [9.17, 15) is 4.79 Å². The Kier molecular flexibility index (Phi) is 5.21. The third kappa shape index (κ3) is 4.53. The van der Waals surface area contributed by atoms with Gasteiger partial charge in [-0.3, -0.25) is 0 Å². The summed E-state index contributed by atoms with van der Waals surface area (Å²) in [7, 11) is 0. The summed E-state index contributed by atoms with van der Waals surface area (Å²) in [4.78, 5) is 14.0. The Labute approximate surface area is 125 Å². The minimum Gasteiger partial charge on any atom is -0.399 e. The predicted molar refractivity (Wildman–Crippen MR) is 85.6 cm³/mol. The number of carbonyl (C=O) groups is 1. The van der Waals surface area contributed by atoms with E-state index in [1.165, 1.54) is 0 Å². The van der Waals surface area contributed by atoms with Gasteiger partial charge < -0.3 is 16.0 Å². The largest absolute Gasteiger partial charge is 0.399 e. The van der Waals surface area contributed by atoms with E-state index in [0.717, 1.165) is 11.1 Å². The van der Waals surface area contributed by atoms with Crippen LogP contribution in [-0.2, 0) is 13.1 Å². The molecule has 0 aliphatic heterocycles. The van der Waals surface area contributed by atoms with Crippen LogP contribution in [0.15, 0.2) is 54.6 Å². The molecule has 0 heterocycles. The van der Waals surface area contributed by atoms with Crippen LogP contribution in [0.25, 0.3) is 0 Å². The van der Waals surface area contributed by atoms with E-state index >= 15 is 0 Å². The van der Waals surface area contributed by atoms with E-state index in [2.05, 4.69) is 5.32 Å². The van der Waals surface area contributed by atoms with Gasteiger partial charge in [0.25, 0.3) is 0 Å². The van der Waals surface area contributed by atoms with Crippen molar-refractivity contribution < 1.29 is 4.79 Å². The summed E-state index contributed by atoms with van der Waals surface area (Å²) in [5.41, 5.74) is 8.61. The zero-order valence-corrected chi connectivity index (χ0v) is 12.3. The molecule has 2 aromatic rings. The summed E-state index contributed by atoms with van der Waals surface area (Å²) in [5, 5.41) is 2.94. The zero-order valence-electron chi connectivity index (χ0n) is 12.3. The second-order valence-electron chi connectivity index (χ2n) is 4.90. The maximum Gasteiger partial charge on any atom is 0.317 e. The van der Waals surface area contributed by atoms with Crippen molar-refractivity contribution in [3.8, 4) is 0 Å². The van der Waals surface area contributed by atoms with Crippen molar-refractivity contribution in [1.82, 2.24) is 10.2 Å². The van der Waals surface area contributed by atoms with Crippen LogP contribution in [-0.4, -0.2) is 17.5 Å². The molecule has 2 aromatic carbocycles. The van der Waals surface area contributed by atoms with Crippen molar-refractivity contribution in [2.45, 2.75) is 20.0 Å². The first-order valence-corrected chi connectivity index (χ1v) is 7.10. The number of nitrogen functional groups attached to an aromatic ring is 1. The Morgan fingerprint density at radius 2 is 1.81 bits per heavy atom. The summed E-state index contributed by atoms with van der Waals surface area (Å²) in [6, 6.07) is 17.4. The molecule has 0 atom stereocenters. The Hall–Kier alpha value is -2.49. The molecular weight excluding hydrogens is 262 g/mol. The molecule has 0 aliphatic carbocycles.